The van der Waals surface area contributed by atoms with Crippen molar-refractivity contribution in [2.75, 3.05) is 52.9 Å². The Morgan fingerprint density at radius 1 is 0.923 bits per heavy atom. The van der Waals surface area contributed by atoms with E-state index >= 15 is 0 Å². The van der Waals surface area contributed by atoms with Crippen molar-refractivity contribution >= 4 is 52.2 Å². The van der Waals surface area contributed by atoms with Gasteiger partial charge in [-0.15, -0.1) is 11.3 Å². The Bertz CT molecular complexity index is 1250. The minimum absolute atomic E-state index is 0.145. The van der Waals surface area contributed by atoms with E-state index in [-0.39, 0.29) is 25.6 Å². The highest BCUT2D eigenvalue weighted by molar-refractivity contribution is 7.11. The topological polar surface area (TPSA) is 80.3 Å². The van der Waals surface area contributed by atoms with Crippen LogP contribution in [0.2, 0.25) is 10.0 Å². The molecule has 210 valence electrons. The molecule has 2 aromatic carbocycles. The first-order valence-corrected chi connectivity index (χ1v) is 13.9. The lowest BCUT2D eigenvalue weighted by molar-refractivity contribution is -0.132. The Kier molecular flexibility index (Phi) is 11.7. The highest BCUT2D eigenvalue weighted by atomic mass is 35.5. The number of benzene rings is 2. The van der Waals surface area contributed by atoms with Gasteiger partial charge < -0.3 is 29.3 Å². The van der Waals surface area contributed by atoms with Crippen molar-refractivity contribution in [2.24, 2.45) is 0 Å². The number of carbonyl (C=O) groups excluding carboxylic acids is 2. The molecule has 0 unspecified atom stereocenters. The van der Waals surface area contributed by atoms with Gasteiger partial charge in [-0.05, 0) is 55.3 Å². The van der Waals surface area contributed by atoms with Gasteiger partial charge >= 0.3 is 6.03 Å². The summed E-state index contributed by atoms with van der Waals surface area (Å²) in [6.07, 6.45) is 0.593. The van der Waals surface area contributed by atoms with E-state index in [0.717, 1.165) is 15.3 Å². The number of ether oxygens (including phenoxy) is 3. The van der Waals surface area contributed by atoms with Gasteiger partial charge in [0.2, 0.25) is 5.91 Å². The number of thiophene rings is 1. The fourth-order valence-corrected chi connectivity index (χ4v) is 5.27. The molecule has 3 rings (SSSR count). The minimum atomic E-state index is -0.498. The zero-order valence-corrected chi connectivity index (χ0v) is 24.8. The van der Waals surface area contributed by atoms with Crippen molar-refractivity contribution in [3.8, 4) is 11.5 Å². The summed E-state index contributed by atoms with van der Waals surface area (Å²) >= 11 is 14.1. The van der Waals surface area contributed by atoms with E-state index in [1.165, 1.54) is 12.0 Å². The zero-order valence-electron chi connectivity index (χ0n) is 22.5. The molecular weight excluding hydrogens is 561 g/mol. The number of nitrogens with one attached hydrogen (secondary N) is 1. The minimum Gasteiger partial charge on any atom is -0.493 e. The average molecular weight is 595 g/mol. The lowest BCUT2D eigenvalue weighted by Gasteiger charge is -2.28. The molecule has 3 amide bonds. The van der Waals surface area contributed by atoms with Crippen LogP contribution >= 0.6 is 34.5 Å². The summed E-state index contributed by atoms with van der Waals surface area (Å²) in [5.74, 6) is 1.07. The Hall–Kier alpha value is -2.98. The Morgan fingerprint density at radius 3 is 2.26 bits per heavy atom. The summed E-state index contributed by atoms with van der Waals surface area (Å²) in [5, 5.41) is 3.35. The molecular formula is C28H33Cl2N3O5S. The summed E-state index contributed by atoms with van der Waals surface area (Å²) < 4.78 is 15.9. The van der Waals surface area contributed by atoms with Gasteiger partial charge in [-0.2, -0.15) is 0 Å². The van der Waals surface area contributed by atoms with Crippen molar-refractivity contribution in [3.05, 3.63) is 73.9 Å². The summed E-state index contributed by atoms with van der Waals surface area (Å²) in [5.41, 5.74) is 1.29. The van der Waals surface area contributed by atoms with Gasteiger partial charge in [0.05, 0.1) is 43.1 Å². The van der Waals surface area contributed by atoms with Gasteiger partial charge in [0.1, 0.15) is 6.54 Å². The number of anilines is 1. The second kappa shape index (κ2) is 15.0. The number of para-hydroxylation sites is 1. The molecule has 3 aromatic rings. The molecule has 1 heterocycles. The lowest BCUT2D eigenvalue weighted by Crippen LogP contribution is -2.46. The third kappa shape index (κ3) is 8.76. The molecule has 0 atom stereocenters. The van der Waals surface area contributed by atoms with Crippen LogP contribution < -0.4 is 14.8 Å². The van der Waals surface area contributed by atoms with Crippen molar-refractivity contribution < 1.29 is 23.8 Å². The normalized spacial score (nSPS) is 10.7. The van der Waals surface area contributed by atoms with Crippen LogP contribution in [0.15, 0.2) is 48.5 Å². The van der Waals surface area contributed by atoms with Gasteiger partial charge in [0.25, 0.3) is 0 Å². The van der Waals surface area contributed by atoms with Gasteiger partial charge in [0, 0.05) is 30.0 Å². The van der Waals surface area contributed by atoms with E-state index in [1.807, 2.05) is 37.3 Å². The van der Waals surface area contributed by atoms with Gasteiger partial charge in [-0.3, -0.25) is 4.79 Å². The Labute approximate surface area is 243 Å². The van der Waals surface area contributed by atoms with Gasteiger partial charge in [-0.1, -0.05) is 35.3 Å². The molecule has 0 saturated heterocycles. The van der Waals surface area contributed by atoms with E-state index in [1.54, 1.807) is 48.7 Å². The van der Waals surface area contributed by atoms with Crippen molar-refractivity contribution in [2.45, 2.75) is 19.9 Å². The first-order chi connectivity index (χ1) is 18.7. The fraction of sp³-hybridized carbons (Fsp3) is 0.357. The number of halogens is 2. The molecule has 0 aliphatic rings. The highest BCUT2D eigenvalue weighted by Crippen LogP contribution is 2.30. The number of rotatable bonds is 13. The molecule has 0 fully saturated rings. The quantitative estimate of drug-likeness (QED) is 0.258. The van der Waals surface area contributed by atoms with Crippen LogP contribution in [0.1, 0.15) is 15.3 Å². The first-order valence-electron chi connectivity index (χ1n) is 12.3. The second-order valence-corrected chi connectivity index (χ2v) is 10.9. The van der Waals surface area contributed by atoms with Crippen molar-refractivity contribution in [1.82, 2.24) is 9.80 Å². The van der Waals surface area contributed by atoms with E-state index in [0.29, 0.717) is 46.7 Å². The first kappa shape index (κ1) is 30.6. The number of carbonyl (C=O) groups is 2. The maximum Gasteiger partial charge on any atom is 0.322 e. The van der Waals surface area contributed by atoms with Crippen LogP contribution in [0.25, 0.3) is 0 Å². The van der Waals surface area contributed by atoms with Crippen LogP contribution in [0.4, 0.5) is 10.5 Å². The standard InChI is InChI=1S/C28H33Cl2N3O5S/c1-19-8-10-21(39-19)17-32(13-12-20-9-11-24(37-3)25(16-20)38-4)26(34)18-33(14-15-36-2)28(35)31-27-22(29)6-5-7-23(27)30/h5-11,16H,12-15,17-18H2,1-4H3,(H,31,35). The second-order valence-electron chi connectivity index (χ2n) is 8.71. The van der Waals surface area contributed by atoms with Crippen LogP contribution in [0.3, 0.4) is 0 Å². The maximum atomic E-state index is 13.6. The van der Waals surface area contributed by atoms with Crippen LogP contribution in [-0.4, -0.2) is 69.3 Å². The largest absolute Gasteiger partial charge is 0.493 e. The predicted molar refractivity (Wildman–Crippen MR) is 157 cm³/mol. The Balaban J connectivity index is 1.78. The van der Waals surface area contributed by atoms with Gasteiger partial charge in [-0.25, -0.2) is 4.79 Å². The smallest absolute Gasteiger partial charge is 0.322 e. The van der Waals surface area contributed by atoms with Crippen molar-refractivity contribution in [1.29, 1.82) is 0 Å². The molecule has 39 heavy (non-hydrogen) atoms. The molecule has 0 radical (unpaired) electrons. The molecule has 11 heteroatoms. The number of aryl methyl sites for hydroxylation is 1. The number of methoxy groups -OCH3 is 3. The fourth-order valence-electron chi connectivity index (χ4n) is 3.87. The van der Waals surface area contributed by atoms with E-state index in [4.69, 9.17) is 37.4 Å². The third-order valence-corrected chi connectivity index (χ3v) is 7.60. The number of amides is 3. The van der Waals surface area contributed by atoms with Crippen LogP contribution in [0, 0.1) is 6.92 Å². The summed E-state index contributed by atoms with van der Waals surface area (Å²) in [7, 11) is 4.72. The molecule has 0 bridgehead atoms. The summed E-state index contributed by atoms with van der Waals surface area (Å²) in [6.45, 7) is 3.22. The Morgan fingerprint density at radius 2 is 1.64 bits per heavy atom. The molecule has 1 aromatic heterocycles. The lowest BCUT2D eigenvalue weighted by atomic mass is 10.1. The monoisotopic (exact) mass is 593 g/mol. The zero-order chi connectivity index (χ0) is 28.4. The van der Waals surface area contributed by atoms with E-state index in [2.05, 4.69) is 5.32 Å². The summed E-state index contributed by atoms with van der Waals surface area (Å²) in [4.78, 5) is 32.2. The highest BCUT2D eigenvalue weighted by Gasteiger charge is 2.23. The molecule has 0 saturated carbocycles. The predicted octanol–water partition coefficient (Wildman–Crippen LogP) is 6.13. The molecule has 1 N–H and O–H groups in total. The van der Waals surface area contributed by atoms with E-state index < -0.39 is 6.03 Å². The van der Waals surface area contributed by atoms with Crippen molar-refractivity contribution in [3.63, 3.8) is 0 Å². The van der Waals surface area contributed by atoms with Crippen LogP contribution in [-0.2, 0) is 22.5 Å². The SMILES string of the molecule is COCCN(CC(=O)N(CCc1ccc(OC)c(OC)c1)Cc1ccc(C)s1)C(=O)Nc1c(Cl)cccc1Cl. The summed E-state index contributed by atoms with van der Waals surface area (Å²) in [6, 6.07) is 14.2. The number of urea groups is 1. The van der Waals surface area contributed by atoms with E-state index in [9.17, 15) is 9.59 Å². The third-order valence-electron chi connectivity index (χ3n) is 5.99. The maximum absolute atomic E-state index is 13.6. The number of hydrogen-bond donors (Lipinski definition) is 1. The molecule has 0 spiro atoms. The van der Waals surface area contributed by atoms with Crippen LogP contribution in [0.5, 0.6) is 11.5 Å². The number of hydrogen-bond acceptors (Lipinski definition) is 6. The molecule has 0 aliphatic carbocycles. The average Bonchev–Trinajstić information content (AvgIpc) is 3.34. The molecule has 8 nitrogen and oxygen atoms in total. The number of nitrogens with zero attached hydrogens (tertiary/aromatic N) is 2. The molecule has 0 aliphatic heterocycles. The van der Waals surface area contributed by atoms with Gasteiger partial charge in [0.15, 0.2) is 11.5 Å².